The first-order valence-corrected chi connectivity index (χ1v) is 7.78. The minimum absolute atomic E-state index is 0.262. The van der Waals surface area contributed by atoms with Crippen molar-refractivity contribution in [3.05, 3.63) is 11.4 Å². The summed E-state index contributed by atoms with van der Waals surface area (Å²) in [5, 5.41) is 0. The van der Waals surface area contributed by atoms with E-state index in [1.54, 1.807) is 0 Å². The van der Waals surface area contributed by atoms with E-state index >= 15 is 0 Å². The van der Waals surface area contributed by atoms with Crippen molar-refractivity contribution in [3.8, 4) is 0 Å². The van der Waals surface area contributed by atoms with Crippen LogP contribution in [0.1, 0.15) is 50.9 Å². The Labute approximate surface area is 127 Å². The summed E-state index contributed by atoms with van der Waals surface area (Å²) in [6, 6.07) is 0. The predicted octanol–water partition coefficient (Wildman–Crippen LogP) is 2.20. The number of rotatable bonds is 6. The maximum atomic E-state index is 5.76. The molecule has 0 spiro atoms. The summed E-state index contributed by atoms with van der Waals surface area (Å²) in [6.07, 6.45) is 2.58. The first-order chi connectivity index (χ1) is 10.1. The number of hydrazine groups is 1. The van der Waals surface area contributed by atoms with E-state index in [2.05, 4.69) is 36.1 Å². The maximum Gasteiger partial charge on any atom is 0.148 e. The van der Waals surface area contributed by atoms with Crippen molar-refractivity contribution in [1.82, 2.24) is 9.97 Å². The molecule has 0 amide bonds. The van der Waals surface area contributed by atoms with Gasteiger partial charge in [0, 0.05) is 31.2 Å². The van der Waals surface area contributed by atoms with Crippen LogP contribution in [-0.4, -0.2) is 35.8 Å². The third kappa shape index (κ3) is 3.63. The number of hydrogen-bond donors (Lipinski definition) is 2. The van der Waals surface area contributed by atoms with E-state index in [9.17, 15) is 0 Å². The SMILES string of the molecule is CCN(CC1CCCO1)c1nc(C(C)C)nc(NN)c1C. The Hall–Kier alpha value is -1.40. The van der Waals surface area contributed by atoms with Gasteiger partial charge in [-0.15, -0.1) is 0 Å². The molecular weight excluding hydrogens is 266 g/mol. The van der Waals surface area contributed by atoms with Crippen molar-refractivity contribution in [2.75, 3.05) is 30.0 Å². The Morgan fingerprint density at radius 1 is 1.43 bits per heavy atom. The second kappa shape index (κ2) is 7.04. The van der Waals surface area contributed by atoms with Gasteiger partial charge in [0.2, 0.25) is 0 Å². The summed E-state index contributed by atoms with van der Waals surface area (Å²) in [5.41, 5.74) is 3.68. The molecule has 0 saturated carbocycles. The second-order valence-electron chi connectivity index (χ2n) is 5.85. The fourth-order valence-corrected chi connectivity index (χ4v) is 2.63. The standard InChI is InChI=1S/C15H27N5O/c1-5-20(9-12-7-6-8-21-12)15-11(4)14(19-16)17-13(18-15)10(2)3/h10,12H,5-9,16H2,1-4H3,(H,17,18,19). The highest BCUT2D eigenvalue weighted by molar-refractivity contribution is 5.58. The van der Waals surface area contributed by atoms with Crippen LogP contribution in [0.4, 0.5) is 11.6 Å². The van der Waals surface area contributed by atoms with Crippen molar-refractivity contribution < 1.29 is 4.74 Å². The average molecular weight is 293 g/mol. The molecule has 6 nitrogen and oxygen atoms in total. The minimum Gasteiger partial charge on any atom is -0.376 e. The molecule has 0 bridgehead atoms. The molecule has 1 aromatic heterocycles. The number of nitrogens with zero attached hydrogens (tertiary/aromatic N) is 3. The molecule has 3 N–H and O–H groups in total. The van der Waals surface area contributed by atoms with E-state index in [0.29, 0.717) is 11.9 Å². The highest BCUT2D eigenvalue weighted by atomic mass is 16.5. The van der Waals surface area contributed by atoms with Gasteiger partial charge in [-0.25, -0.2) is 15.8 Å². The van der Waals surface area contributed by atoms with Crippen LogP contribution < -0.4 is 16.2 Å². The zero-order valence-electron chi connectivity index (χ0n) is 13.5. The van der Waals surface area contributed by atoms with Crippen molar-refractivity contribution in [2.24, 2.45) is 5.84 Å². The molecule has 0 aromatic carbocycles. The van der Waals surface area contributed by atoms with Crippen LogP contribution in [-0.2, 0) is 4.74 Å². The van der Waals surface area contributed by atoms with Crippen molar-refractivity contribution in [1.29, 1.82) is 0 Å². The number of nitrogens with one attached hydrogen (secondary N) is 1. The second-order valence-corrected chi connectivity index (χ2v) is 5.85. The van der Waals surface area contributed by atoms with Crippen LogP contribution in [0.15, 0.2) is 0 Å². The molecule has 118 valence electrons. The molecule has 2 heterocycles. The van der Waals surface area contributed by atoms with Gasteiger partial charge in [-0.3, -0.25) is 0 Å². The molecule has 1 aliphatic heterocycles. The summed E-state index contributed by atoms with van der Waals surface area (Å²) in [5.74, 6) is 8.35. The molecule has 1 atom stereocenters. The molecule has 21 heavy (non-hydrogen) atoms. The van der Waals surface area contributed by atoms with E-state index in [1.165, 1.54) is 0 Å². The van der Waals surface area contributed by atoms with Gasteiger partial charge in [-0.1, -0.05) is 13.8 Å². The number of nitrogen functional groups attached to an aromatic ring is 1. The Morgan fingerprint density at radius 2 is 2.19 bits per heavy atom. The summed E-state index contributed by atoms with van der Waals surface area (Å²) < 4.78 is 5.76. The van der Waals surface area contributed by atoms with Gasteiger partial charge in [0.1, 0.15) is 17.5 Å². The molecule has 0 aliphatic carbocycles. The highest BCUT2D eigenvalue weighted by Crippen LogP contribution is 2.26. The van der Waals surface area contributed by atoms with Crippen LogP contribution in [0.3, 0.4) is 0 Å². The van der Waals surface area contributed by atoms with Gasteiger partial charge >= 0.3 is 0 Å². The minimum atomic E-state index is 0.262. The van der Waals surface area contributed by atoms with Gasteiger partial charge in [-0.2, -0.15) is 0 Å². The fraction of sp³-hybridized carbons (Fsp3) is 0.733. The summed E-state index contributed by atoms with van der Waals surface area (Å²) in [4.78, 5) is 11.5. The van der Waals surface area contributed by atoms with E-state index < -0.39 is 0 Å². The van der Waals surface area contributed by atoms with E-state index in [4.69, 9.17) is 15.6 Å². The largest absolute Gasteiger partial charge is 0.376 e. The van der Waals surface area contributed by atoms with Crippen molar-refractivity contribution in [3.63, 3.8) is 0 Å². The zero-order chi connectivity index (χ0) is 15.4. The normalized spacial score (nSPS) is 18.3. The molecule has 0 radical (unpaired) electrons. The van der Waals surface area contributed by atoms with E-state index in [-0.39, 0.29) is 5.92 Å². The van der Waals surface area contributed by atoms with Crippen molar-refractivity contribution in [2.45, 2.75) is 52.6 Å². The van der Waals surface area contributed by atoms with Gasteiger partial charge in [0.25, 0.3) is 0 Å². The number of aromatic nitrogens is 2. The third-order valence-corrected chi connectivity index (χ3v) is 3.92. The first kappa shape index (κ1) is 16.0. The molecule has 1 saturated heterocycles. The molecule has 2 rings (SSSR count). The summed E-state index contributed by atoms with van der Waals surface area (Å²) in [7, 11) is 0. The molecule has 6 heteroatoms. The Kier molecular flexibility index (Phi) is 5.36. The van der Waals surface area contributed by atoms with Gasteiger partial charge < -0.3 is 15.1 Å². The lowest BCUT2D eigenvalue weighted by molar-refractivity contribution is 0.115. The predicted molar refractivity (Wildman–Crippen MR) is 85.5 cm³/mol. The van der Waals surface area contributed by atoms with Crippen LogP contribution >= 0.6 is 0 Å². The maximum absolute atomic E-state index is 5.76. The summed E-state index contributed by atoms with van der Waals surface area (Å²) in [6.45, 7) is 11.0. The molecule has 1 aliphatic rings. The van der Waals surface area contributed by atoms with Crippen molar-refractivity contribution >= 4 is 11.6 Å². The molecular formula is C15H27N5O. The lowest BCUT2D eigenvalue weighted by atomic mass is 10.1. The number of nitrogens with two attached hydrogens (primary N) is 1. The average Bonchev–Trinajstić information content (AvgIpc) is 2.98. The monoisotopic (exact) mass is 293 g/mol. The molecule has 1 aromatic rings. The Morgan fingerprint density at radius 3 is 2.71 bits per heavy atom. The molecule has 1 unspecified atom stereocenters. The molecule has 1 fully saturated rings. The highest BCUT2D eigenvalue weighted by Gasteiger charge is 2.22. The lowest BCUT2D eigenvalue weighted by Crippen LogP contribution is -2.34. The van der Waals surface area contributed by atoms with Gasteiger partial charge in [0.15, 0.2) is 0 Å². The number of ether oxygens (including phenoxy) is 1. The summed E-state index contributed by atoms with van der Waals surface area (Å²) >= 11 is 0. The van der Waals surface area contributed by atoms with E-state index in [0.717, 1.165) is 49.7 Å². The van der Waals surface area contributed by atoms with Crippen LogP contribution in [0.25, 0.3) is 0 Å². The Balaban J connectivity index is 2.31. The lowest BCUT2D eigenvalue weighted by Gasteiger charge is -2.27. The van der Waals surface area contributed by atoms with Crippen LogP contribution in [0, 0.1) is 6.92 Å². The van der Waals surface area contributed by atoms with Gasteiger partial charge in [0.05, 0.1) is 6.10 Å². The zero-order valence-corrected chi connectivity index (χ0v) is 13.5. The smallest absolute Gasteiger partial charge is 0.148 e. The quantitative estimate of drug-likeness (QED) is 0.618. The van der Waals surface area contributed by atoms with Gasteiger partial charge in [-0.05, 0) is 26.7 Å². The number of anilines is 2. The third-order valence-electron chi connectivity index (χ3n) is 3.92. The van der Waals surface area contributed by atoms with E-state index in [1.807, 2.05) is 6.92 Å². The number of hydrogen-bond acceptors (Lipinski definition) is 6. The first-order valence-electron chi connectivity index (χ1n) is 7.78. The van der Waals surface area contributed by atoms with Crippen LogP contribution in [0.2, 0.25) is 0 Å². The fourth-order valence-electron chi connectivity index (χ4n) is 2.63. The number of likely N-dealkylation sites (N-methyl/N-ethyl adjacent to an activating group) is 1. The van der Waals surface area contributed by atoms with Crippen LogP contribution in [0.5, 0.6) is 0 Å². The Bertz CT molecular complexity index is 471. The topological polar surface area (TPSA) is 76.3 Å².